The van der Waals surface area contributed by atoms with Crippen molar-refractivity contribution in [3.8, 4) is 16.9 Å². The van der Waals surface area contributed by atoms with Crippen LogP contribution < -0.4 is 0 Å². The Morgan fingerprint density at radius 2 is 1.79 bits per heavy atom. The molecule has 0 fully saturated rings. The van der Waals surface area contributed by atoms with Crippen molar-refractivity contribution in [2.24, 2.45) is 0 Å². The quantitative estimate of drug-likeness (QED) is 0.675. The monoisotopic (exact) mass is 254 g/mol. The maximum Gasteiger partial charge on any atom is 0.330 e. The van der Waals surface area contributed by atoms with Gasteiger partial charge in [0.05, 0.1) is 7.11 Å². The van der Waals surface area contributed by atoms with Gasteiger partial charge in [-0.05, 0) is 23.3 Å². The van der Waals surface area contributed by atoms with Crippen molar-refractivity contribution in [3.05, 3.63) is 60.2 Å². The molecule has 1 N–H and O–H groups in total. The fraction of sp³-hybridized carbons (Fsp3) is 0.0625. The molecule has 3 nitrogen and oxygen atoms in total. The minimum atomic E-state index is -0.384. The van der Waals surface area contributed by atoms with Gasteiger partial charge in [-0.25, -0.2) is 4.79 Å². The number of rotatable bonds is 3. The Hall–Kier alpha value is -2.55. The number of phenolic OH excluding ortho intramolecular Hbond substituents is 1. The highest BCUT2D eigenvalue weighted by Crippen LogP contribution is 2.28. The zero-order chi connectivity index (χ0) is 13.7. The number of benzene rings is 2. The molecule has 96 valence electrons. The van der Waals surface area contributed by atoms with E-state index in [0.29, 0.717) is 0 Å². The van der Waals surface area contributed by atoms with Gasteiger partial charge in [0.15, 0.2) is 0 Å². The predicted molar refractivity (Wildman–Crippen MR) is 74.6 cm³/mol. The van der Waals surface area contributed by atoms with E-state index in [4.69, 9.17) is 0 Å². The van der Waals surface area contributed by atoms with Gasteiger partial charge in [0, 0.05) is 11.6 Å². The molecule has 2 aromatic rings. The number of para-hydroxylation sites is 1. The second-order valence-corrected chi connectivity index (χ2v) is 4.00. The second kappa shape index (κ2) is 5.87. The standard InChI is InChI=1S/C16H14O3/c1-19-16(18)11-8-12-6-9-13(10-7-12)14-4-2-3-5-15(14)17/h2-11,17H,1H3/b11-8+. The first-order valence-corrected chi connectivity index (χ1v) is 5.85. The number of esters is 1. The highest BCUT2D eigenvalue weighted by molar-refractivity contribution is 5.87. The lowest BCUT2D eigenvalue weighted by atomic mass is 10.0. The van der Waals surface area contributed by atoms with Crippen LogP contribution >= 0.6 is 0 Å². The smallest absolute Gasteiger partial charge is 0.330 e. The van der Waals surface area contributed by atoms with Crippen LogP contribution in [0, 0.1) is 0 Å². The van der Waals surface area contributed by atoms with Gasteiger partial charge in [0.2, 0.25) is 0 Å². The highest BCUT2D eigenvalue weighted by atomic mass is 16.5. The van der Waals surface area contributed by atoms with Crippen LogP contribution in [-0.4, -0.2) is 18.2 Å². The fourth-order valence-electron chi connectivity index (χ4n) is 1.72. The van der Waals surface area contributed by atoms with Crippen molar-refractivity contribution >= 4 is 12.0 Å². The molecule has 2 rings (SSSR count). The zero-order valence-electron chi connectivity index (χ0n) is 10.5. The van der Waals surface area contributed by atoms with Crippen molar-refractivity contribution in [1.29, 1.82) is 0 Å². The molecule has 19 heavy (non-hydrogen) atoms. The maximum absolute atomic E-state index is 11.0. The minimum Gasteiger partial charge on any atom is -0.507 e. The Labute approximate surface area is 111 Å². The van der Waals surface area contributed by atoms with Gasteiger partial charge in [-0.1, -0.05) is 42.5 Å². The largest absolute Gasteiger partial charge is 0.507 e. The Morgan fingerprint density at radius 3 is 2.42 bits per heavy atom. The lowest BCUT2D eigenvalue weighted by Gasteiger charge is -2.04. The zero-order valence-corrected chi connectivity index (χ0v) is 10.5. The van der Waals surface area contributed by atoms with Crippen LogP contribution in [-0.2, 0) is 9.53 Å². The number of hydrogen-bond donors (Lipinski definition) is 1. The third kappa shape index (κ3) is 3.22. The first kappa shape index (κ1) is 12.9. The number of carbonyl (C=O) groups excluding carboxylic acids is 1. The summed E-state index contributed by atoms with van der Waals surface area (Å²) in [4.78, 5) is 11.0. The number of methoxy groups -OCH3 is 1. The van der Waals surface area contributed by atoms with Gasteiger partial charge in [0.25, 0.3) is 0 Å². The van der Waals surface area contributed by atoms with Crippen molar-refractivity contribution in [3.63, 3.8) is 0 Å². The average Bonchev–Trinajstić information content (AvgIpc) is 2.46. The minimum absolute atomic E-state index is 0.250. The summed E-state index contributed by atoms with van der Waals surface area (Å²) in [6, 6.07) is 14.7. The molecular weight excluding hydrogens is 240 g/mol. The third-order valence-corrected chi connectivity index (χ3v) is 2.74. The van der Waals surface area contributed by atoms with E-state index in [1.54, 1.807) is 18.2 Å². The predicted octanol–water partition coefficient (Wildman–Crippen LogP) is 3.25. The van der Waals surface area contributed by atoms with Gasteiger partial charge in [-0.15, -0.1) is 0 Å². The number of carbonyl (C=O) groups is 1. The molecule has 0 heterocycles. The average molecular weight is 254 g/mol. The van der Waals surface area contributed by atoms with E-state index in [0.717, 1.165) is 16.7 Å². The normalized spacial score (nSPS) is 10.6. The molecule has 0 aliphatic heterocycles. The van der Waals surface area contributed by atoms with E-state index < -0.39 is 0 Å². The van der Waals surface area contributed by atoms with Crippen LogP contribution in [0.4, 0.5) is 0 Å². The summed E-state index contributed by atoms with van der Waals surface area (Å²) in [5, 5.41) is 9.77. The molecule has 3 heteroatoms. The number of phenols is 1. The molecule has 0 atom stereocenters. The summed E-state index contributed by atoms with van der Waals surface area (Å²) < 4.78 is 4.52. The topological polar surface area (TPSA) is 46.5 Å². The second-order valence-electron chi connectivity index (χ2n) is 4.00. The summed E-state index contributed by atoms with van der Waals surface area (Å²) >= 11 is 0. The third-order valence-electron chi connectivity index (χ3n) is 2.74. The lowest BCUT2D eigenvalue weighted by molar-refractivity contribution is -0.134. The van der Waals surface area contributed by atoms with Crippen LogP contribution in [0.5, 0.6) is 5.75 Å². The summed E-state index contributed by atoms with van der Waals surface area (Å²) in [5.41, 5.74) is 2.60. The van der Waals surface area contributed by atoms with Gasteiger partial charge >= 0.3 is 5.97 Å². The molecule has 0 radical (unpaired) electrons. The summed E-state index contributed by atoms with van der Waals surface area (Å²) in [6.45, 7) is 0. The Bertz CT molecular complexity index is 598. The Kier molecular flexibility index (Phi) is 3.98. The molecule has 0 unspecified atom stereocenters. The molecule has 0 aliphatic carbocycles. The van der Waals surface area contributed by atoms with E-state index >= 15 is 0 Å². The van der Waals surface area contributed by atoms with Crippen LogP contribution in [0.2, 0.25) is 0 Å². The first-order chi connectivity index (χ1) is 9.20. The molecule has 0 aliphatic rings. The van der Waals surface area contributed by atoms with E-state index in [-0.39, 0.29) is 11.7 Å². The van der Waals surface area contributed by atoms with Gasteiger partial charge in [0.1, 0.15) is 5.75 Å². The molecule has 0 spiro atoms. The van der Waals surface area contributed by atoms with Crippen molar-refractivity contribution in [1.82, 2.24) is 0 Å². The van der Waals surface area contributed by atoms with Gasteiger partial charge in [-0.2, -0.15) is 0 Å². The van der Waals surface area contributed by atoms with Gasteiger partial charge < -0.3 is 9.84 Å². The number of aromatic hydroxyl groups is 1. The van der Waals surface area contributed by atoms with E-state index in [1.807, 2.05) is 36.4 Å². The molecule has 0 aromatic heterocycles. The van der Waals surface area contributed by atoms with Crippen LogP contribution in [0.25, 0.3) is 17.2 Å². The first-order valence-electron chi connectivity index (χ1n) is 5.85. The summed E-state index contributed by atoms with van der Waals surface area (Å²) in [6.07, 6.45) is 3.05. The lowest BCUT2D eigenvalue weighted by Crippen LogP contribution is -1.93. The number of hydrogen-bond acceptors (Lipinski definition) is 3. The summed E-state index contributed by atoms with van der Waals surface area (Å²) in [7, 11) is 1.34. The van der Waals surface area contributed by atoms with Crippen LogP contribution in [0.15, 0.2) is 54.6 Å². The maximum atomic E-state index is 11.0. The highest BCUT2D eigenvalue weighted by Gasteiger charge is 2.02. The van der Waals surface area contributed by atoms with Crippen LogP contribution in [0.3, 0.4) is 0 Å². The Morgan fingerprint density at radius 1 is 1.11 bits per heavy atom. The van der Waals surface area contributed by atoms with Crippen molar-refractivity contribution in [2.45, 2.75) is 0 Å². The Balaban J connectivity index is 2.22. The number of ether oxygens (including phenoxy) is 1. The van der Waals surface area contributed by atoms with Gasteiger partial charge in [-0.3, -0.25) is 0 Å². The SMILES string of the molecule is COC(=O)/C=C/c1ccc(-c2ccccc2O)cc1. The van der Waals surface area contributed by atoms with E-state index in [2.05, 4.69) is 4.74 Å². The molecule has 0 saturated heterocycles. The molecule has 0 bridgehead atoms. The van der Waals surface area contributed by atoms with E-state index in [9.17, 15) is 9.90 Å². The van der Waals surface area contributed by atoms with E-state index in [1.165, 1.54) is 13.2 Å². The van der Waals surface area contributed by atoms with Crippen LogP contribution in [0.1, 0.15) is 5.56 Å². The fourth-order valence-corrected chi connectivity index (χ4v) is 1.72. The molecule has 2 aromatic carbocycles. The van der Waals surface area contributed by atoms with Crippen molar-refractivity contribution < 1.29 is 14.6 Å². The molecular formula is C16H14O3. The molecule has 0 saturated carbocycles. The van der Waals surface area contributed by atoms with Crippen molar-refractivity contribution in [2.75, 3.05) is 7.11 Å². The summed E-state index contributed by atoms with van der Waals surface area (Å²) in [5.74, 6) is -0.134. The molecule has 0 amide bonds.